The van der Waals surface area contributed by atoms with Gasteiger partial charge < -0.3 is 10.2 Å². The van der Waals surface area contributed by atoms with Gasteiger partial charge in [0.1, 0.15) is 12.6 Å². The normalized spacial score (nSPS) is 12.7. The lowest BCUT2D eigenvalue weighted by molar-refractivity contribution is -0.139. The van der Waals surface area contributed by atoms with Crippen LogP contribution in [-0.2, 0) is 32.3 Å². The Morgan fingerprint density at radius 1 is 1.05 bits per heavy atom. The summed E-state index contributed by atoms with van der Waals surface area (Å²) in [4.78, 5) is 27.3. The number of alkyl halides is 3. The first-order valence-electron chi connectivity index (χ1n) is 10.9. The number of hydrogen-bond acceptors (Lipinski definition) is 4. The molecule has 0 saturated heterocycles. The van der Waals surface area contributed by atoms with Gasteiger partial charge in [0.25, 0.3) is 0 Å². The molecule has 1 unspecified atom stereocenters. The maximum atomic E-state index is 13.5. The maximum absolute atomic E-state index is 13.5. The monoisotopic (exact) mass is 601 g/mol. The summed E-state index contributed by atoms with van der Waals surface area (Å²) in [6.45, 7) is 2.38. The number of carbonyl (C=O) groups excluding carboxylic acids is 2. The molecule has 204 valence electrons. The van der Waals surface area contributed by atoms with Crippen molar-refractivity contribution in [3.05, 3.63) is 62.6 Å². The molecule has 14 heteroatoms. The molecule has 0 fully saturated rings. The van der Waals surface area contributed by atoms with Crippen LogP contribution in [0.2, 0.25) is 15.1 Å². The van der Waals surface area contributed by atoms with E-state index in [-0.39, 0.29) is 21.6 Å². The molecule has 0 spiro atoms. The SMILES string of the molecule is CCCNC(=O)C(C)N(Cc1c(Cl)cccc1Cl)C(=O)CN(c1cc(C(F)(F)F)ccc1Cl)S(C)(=O)=O. The van der Waals surface area contributed by atoms with E-state index in [0.717, 1.165) is 17.2 Å². The fourth-order valence-electron chi connectivity index (χ4n) is 3.31. The van der Waals surface area contributed by atoms with E-state index in [4.69, 9.17) is 34.8 Å². The topological polar surface area (TPSA) is 86.8 Å². The minimum Gasteiger partial charge on any atom is -0.354 e. The van der Waals surface area contributed by atoms with Crippen molar-refractivity contribution < 1.29 is 31.2 Å². The fraction of sp³-hybridized carbons (Fsp3) is 0.391. The summed E-state index contributed by atoms with van der Waals surface area (Å²) < 4.78 is 65.6. The summed E-state index contributed by atoms with van der Waals surface area (Å²) in [7, 11) is -4.30. The first kappa shape index (κ1) is 31.0. The van der Waals surface area contributed by atoms with Gasteiger partial charge in [0.2, 0.25) is 21.8 Å². The van der Waals surface area contributed by atoms with Crippen molar-refractivity contribution in [2.24, 2.45) is 0 Å². The molecular formula is C23H25Cl3F3N3O4S. The van der Waals surface area contributed by atoms with Gasteiger partial charge in [-0.25, -0.2) is 8.42 Å². The first-order valence-corrected chi connectivity index (χ1v) is 13.9. The summed E-state index contributed by atoms with van der Waals surface area (Å²) in [5.41, 5.74) is -1.39. The molecule has 2 rings (SSSR count). The van der Waals surface area contributed by atoms with Gasteiger partial charge in [-0.1, -0.05) is 47.8 Å². The quantitative estimate of drug-likeness (QED) is 0.396. The van der Waals surface area contributed by atoms with Crippen LogP contribution in [0.5, 0.6) is 0 Å². The van der Waals surface area contributed by atoms with Gasteiger partial charge in [-0.15, -0.1) is 0 Å². The predicted octanol–water partition coefficient (Wildman–Crippen LogP) is 5.38. The van der Waals surface area contributed by atoms with Crippen LogP contribution >= 0.6 is 34.8 Å². The van der Waals surface area contributed by atoms with Gasteiger partial charge in [-0.05, 0) is 43.7 Å². The second-order valence-electron chi connectivity index (χ2n) is 8.12. The molecule has 1 N–H and O–H groups in total. The van der Waals surface area contributed by atoms with E-state index in [0.29, 0.717) is 35.0 Å². The molecule has 1 atom stereocenters. The summed E-state index contributed by atoms with van der Waals surface area (Å²) in [5, 5.41) is 2.74. The number of rotatable bonds is 10. The third-order valence-electron chi connectivity index (χ3n) is 5.33. The van der Waals surface area contributed by atoms with Crippen molar-refractivity contribution in [1.29, 1.82) is 0 Å². The predicted molar refractivity (Wildman–Crippen MR) is 138 cm³/mol. The summed E-state index contributed by atoms with van der Waals surface area (Å²) in [5.74, 6) is -1.42. The van der Waals surface area contributed by atoms with E-state index >= 15 is 0 Å². The zero-order valence-electron chi connectivity index (χ0n) is 20.1. The lowest BCUT2D eigenvalue weighted by Gasteiger charge is -2.32. The summed E-state index contributed by atoms with van der Waals surface area (Å²) in [6.07, 6.45) is -3.44. The molecule has 0 aliphatic rings. The summed E-state index contributed by atoms with van der Waals surface area (Å²) in [6, 6.07) is 5.66. The molecule has 0 aliphatic carbocycles. The van der Waals surface area contributed by atoms with Gasteiger partial charge in [-0.2, -0.15) is 13.2 Å². The van der Waals surface area contributed by atoms with Crippen LogP contribution in [0.15, 0.2) is 36.4 Å². The van der Waals surface area contributed by atoms with Crippen molar-refractivity contribution in [3.8, 4) is 0 Å². The molecule has 37 heavy (non-hydrogen) atoms. The number of benzene rings is 2. The van der Waals surface area contributed by atoms with E-state index in [9.17, 15) is 31.2 Å². The van der Waals surface area contributed by atoms with Crippen molar-refractivity contribution >= 4 is 62.3 Å². The molecule has 2 amide bonds. The molecule has 0 aliphatic heterocycles. The Hall–Kier alpha value is -2.21. The zero-order valence-corrected chi connectivity index (χ0v) is 23.2. The number of nitrogens with zero attached hydrogens (tertiary/aromatic N) is 2. The molecule has 2 aromatic rings. The highest BCUT2D eigenvalue weighted by atomic mass is 35.5. The number of carbonyl (C=O) groups is 2. The lowest BCUT2D eigenvalue weighted by atomic mass is 10.1. The Morgan fingerprint density at radius 3 is 2.16 bits per heavy atom. The maximum Gasteiger partial charge on any atom is 0.416 e. The fourth-order valence-corrected chi connectivity index (χ4v) is 4.95. The second kappa shape index (κ2) is 12.6. The van der Waals surface area contributed by atoms with Gasteiger partial charge in [-0.3, -0.25) is 13.9 Å². The van der Waals surface area contributed by atoms with Crippen LogP contribution in [0.1, 0.15) is 31.4 Å². The van der Waals surface area contributed by atoms with Crippen LogP contribution in [0.3, 0.4) is 0 Å². The van der Waals surface area contributed by atoms with E-state index in [1.54, 1.807) is 6.07 Å². The number of anilines is 1. The molecular weight excluding hydrogens is 578 g/mol. The highest BCUT2D eigenvalue weighted by molar-refractivity contribution is 7.92. The van der Waals surface area contributed by atoms with Crippen LogP contribution in [0.25, 0.3) is 0 Å². The van der Waals surface area contributed by atoms with E-state index < -0.39 is 51.9 Å². The Kier molecular flexibility index (Phi) is 10.5. The molecule has 0 bridgehead atoms. The third-order valence-corrected chi connectivity index (χ3v) is 7.48. The van der Waals surface area contributed by atoms with Crippen LogP contribution in [0, 0.1) is 0 Å². The Labute approximate surface area is 228 Å². The number of sulfonamides is 1. The van der Waals surface area contributed by atoms with Gasteiger partial charge >= 0.3 is 6.18 Å². The van der Waals surface area contributed by atoms with E-state index in [2.05, 4.69) is 5.32 Å². The Balaban J connectivity index is 2.54. The minimum atomic E-state index is -4.79. The van der Waals surface area contributed by atoms with E-state index in [1.807, 2.05) is 6.92 Å². The molecule has 0 saturated carbocycles. The van der Waals surface area contributed by atoms with Gasteiger partial charge in [0.15, 0.2) is 0 Å². The average molecular weight is 603 g/mol. The van der Waals surface area contributed by atoms with Crippen molar-refractivity contribution in [1.82, 2.24) is 10.2 Å². The van der Waals surface area contributed by atoms with Crippen molar-refractivity contribution in [2.75, 3.05) is 23.7 Å². The molecule has 0 heterocycles. The summed E-state index contributed by atoms with van der Waals surface area (Å²) >= 11 is 18.6. The number of nitrogens with one attached hydrogen (secondary N) is 1. The van der Waals surface area contributed by atoms with E-state index in [1.165, 1.54) is 19.1 Å². The second-order valence-corrected chi connectivity index (χ2v) is 11.3. The van der Waals surface area contributed by atoms with Crippen molar-refractivity contribution in [3.63, 3.8) is 0 Å². The molecule has 0 radical (unpaired) electrons. The van der Waals surface area contributed by atoms with Crippen LogP contribution in [-0.4, -0.2) is 50.5 Å². The minimum absolute atomic E-state index is 0.201. The smallest absolute Gasteiger partial charge is 0.354 e. The Morgan fingerprint density at radius 2 is 1.65 bits per heavy atom. The number of hydrogen-bond donors (Lipinski definition) is 1. The third kappa shape index (κ3) is 8.13. The average Bonchev–Trinajstić information content (AvgIpc) is 2.79. The molecule has 2 aromatic carbocycles. The van der Waals surface area contributed by atoms with Crippen molar-refractivity contribution in [2.45, 2.75) is 39.0 Å². The highest BCUT2D eigenvalue weighted by Gasteiger charge is 2.35. The number of halogens is 6. The standard InChI is InChI=1S/C23H25Cl3F3N3O4S/c1-4-10-30-22(34)14(2)31(12-16-17(24)6-5-7-18(16)25)21(33)13-32(37(3,35)36)20-11-15(23(27,28)29)8-9-19(20)26/h5-9,11,14H,4,10,12-13H2,1-3H3,(H,30,34). The van der Waals surface area contributed by atoms with Crippen LogP contribution in [0.4, 0.5) is 18.9 Å². The highest BCUT2D eigenvalue weighted by Crippen LogP contribution is 2.36. The molecule has 7 nitrogen and oxygen atoms in total. The molecule has 0 aromatic heterocycles. The van der Waals surface area contributed by atoms with Gasteiger partial charge in [0.05, 0.1) is 22.5 Å². The largest absolute Gasteiger partial charge is 0.416 e. The first-order chi connectivity index (χ1) is 17.1. The van der Waals surface area contributed by atoms with Gasteiger partial charge in [0, 0.05) is 28.7 Å². The Bertz CT molecular complexity index is 1240. The number of amides is 2. The van der Waals surface area contributed by atoms with Crippen LogP contribution < -0.4 is 9.62 Å². The lowest BCUT2D eigenvalue weighted by Crippen LogP contribution is -2.51. The zero-order chi connectivity index (χ0) is 28.1.